The van der Waals surface area contributed by atoms with E-state index in [4.69, 9.17) is 9.47 Å². The van der Waals surface area contributed by atoms with Crippen LogP contribution < -0.4 is 25.4 Å². The number of nitrogens with one attached hydrogen (secondary N) is 3. The fourth-order valence-electron chi connectivity index (χ4n) is 4.30. The van der Waals surface area contributed by atoms with Crippen molar-refractivity contribution in [2.45, 2.75) is 23.2 Å². The Labute approximate surface area is 268 Å². The van der Waals surface area contributed by atoms with Gasteiger partial charge in [-0.05, 0) is 61.5 Å². The Balaban J connectivity index is 1.54. The first-order chi connectivity index (χ1) is 22.0. The predicted molar refractivity (Wildman–Crippen MR) is 172 cm³/mol. The highest BCUT2D eigenvalue weighted by atomic mass is 32.2. The number of benzene rings is 4. The fraction of sp³-hybridized carbons (Fsp3) is 0.147. The van der Waals surface area contributed by atoms with Gasteiger partial charge in [0.25, 0.3) is 11.8 Å². The highest BCUT2D eigenvalue weighted by Crippen LogP contribution is 2.35. The van der Waals surface area contributed by atoms with Crippen molar-refractivity contribution in [2.24, 2.45) is 0 Å². The summed E-state index contributed by atoms with van der Waals surface area (Å²) >= 11 is 1.09. The van der Waals surface area contributed by atoms with E-state index in [0.717, 1.165) is 17.8 Å². The number of alkyl halides is 3. The minimum Gasteiger partial charge on any atom is -0.493 e. The maximum Gasteiger partial charge on any atom is 0.418 e. The number of halogens is 3. The molecule has 12 heteroatoms. The topological polar surface area (TPSA) is 106 Å². The molecule has 0 saturated heterocycles. The van der Waals surface area contributed by atoms with Crippen molar-refractivity contribution < 1.29 is 37.0 Å². The molecule has 0 radical (unpaired) electrons. The van der Waals surface area contributed by atoms with Gasteiger partial charge in [0.2, 0.25) is 5.91 Å². The van der Waals surface area contributed by atoms with E-state index < -0.39 is 34.7 Å². The lowest BCUT2D eigenvalue weighted by atomic mass is 10.1. The van der Waals surface area contributed by atoms with Gasteiger partial charge in [-0.1, -0.05) is 48.5 Å². The third-order valence-electron chi connectivity index (χ3n) is 6.53. The summed E-state index contributed by atoms with van der Waals surface area (Å²) in [6, 6.07) is 24.8. The maximum atomic E-state index is 13.6. The number of carbonyl (C=O) groups excluding carboxylic acids is 3. The van der Waals surface area contributed by atoms with E-state index >= 15 is 0 Å². The van der Waals surface area contributed by atoms with Crippen LogP contribution in [-0.4, -0.2) is 37.2 Å². The normalized spacial score (nSPS) is 12.1. The number of carbonyl (C=O) groups is 3. The molecule has 1 unspecified atom stereocenters. The third-order valence-corrected chi connectivity index (χ3v) is 7.62. The van der Waals surface area contributed by atoms with Crippen LogP contribution in [0.1, 0.15) is 28.4 Å². The Morgan fingerprint density at radius 3 is 2.22 bits per heavy atom. The predicted octanol–water partition coefficient (Wildman–Crippen LogP) is 7.25. The van der Waals surface area contributed by atoms with Crippen molar-refractivity contribution in [2.75, 3.05) is 24.9 Å². The summed E-state index contributed by atoms with van der Waals surface area (Å²) in [6.07, 6.45) is -3.17. The summed E-state index contributed by atoms with van der Waals surface area (Å²) in [6.45, 7) is 1.56. The average molecular weight is 650 g/mol. The Bertz CT molecular complexity index is 1750. The van der Waals surface area contributed by atoms with Crippen LogP contribution in [0, 0.1) is 0 Å². The zero-order valence-corrected chi connectivity index (χ0v) is 25.8. The molecule has 0 aliphatic rings. The number of hydrogen-bond donors (Lipinski definition) is 3. The van der Waals surface area contributed by atoms with Gasteiger partial charge in [0, 0.05) is 21.7 Å². The first-order valence-electron chi connectivity index (χ1n) is 13.8. The highest BCUT2D eigenvalue weighted by Gasteiger charge is 2.34. The largest absolute Gasteiger partial charge is 0.493 e. The minimum atomic E-state index is -4.63. The quantitative estimate of drug-likeness (QED) is 0.117. The Morgan fingerprint density at radius 2 is 1.52 bits per heavy atom. The summed E-state index contributed by atoms with van der Waals surface area (Å²) in [7, 11) is 2.93. The van der Waals surface area contributed by atoms with E-state index in [1.54, 1.807) is 79.7 Å². The van der Waals surface area contributed by atoms with Crippen LogP contribution in [0.5, 0.6) is 11.5 Å². The summed E-state index contributed by atoms with van der Waals surface area (Å²) in [5.74, 6) is -1.01. The van der Waals surface area contributed by atoms with Gasteiger partial charge in [0.1, 0.15) is 5.70 Å². The van der Waals surface area contributed by atoms with Crippen molar-refractivity contribution in [1.82, 2.24) is 5.32 Å². The highest BCUT2D eigenvalue weighted by molar-refractivity contribution is 8.00. The molecule has 0 spiro atoms. The number of anilines is 2. The third kappa shape index (κ3) is 8.69. The summed E-state index contributed by atoms with van der Waals surface area (Å²) < 4.78 is 51.0. The van der Waals surface area contributed by atoms with E-state index in [1.807, 2.05) is 0 Å². The molecular weight excluding hydrogens is 619 g/mol. The molecule has 4 aromatic carbocycles. The van der Waals surface area contributed by atoms with E-state index in [2.05, 4.69) is 16.0 Å². The van der Waals surface area contributed by atoms with Gasteiger partial charge in [-0.15, -0.1) is 11.8 Å². The van der Waals surface area contributed by atoms with Gasteiger partial charge in [0.15, 0.2) is 11.5 Å². The number of methoxy groups -OCH3 is 2. The van der Waals surface area contributed by atoms with E-state index in [9.17, 15) is 27.6 Å². The number of para-hydroxylation sites is 2. The van der Waals surface area contributed by atoms with Crippen LogP contribution >= 0.6 is 11.8 Å². The molecule has 1 atom stereocenters. The number of hydrogen-bond acceptors (Lipinski definition) is 6. The second-order valence-corrected chi connectivity index (χ2v) is 11.1. The molecule has 0 fully saturated rings. The summed E-state index contributed by atoms with van der Waals surface area (Å²) in [5.41, 5.74) is -0.214. The fourth-order valence-corrected chi connectivity index (χ4v) is 5.23. The van der Waals surface area contributed by atoms with Crippen molar-refractivity contribution >= 4 is 46.9 Å². The molecule has 238 valence electrons. The van der Waals surface area contributed by atoms with Crippen LogP contribution in [0.15, 0.2) is 108 Å². The van der Waals surface area contributed by atoms with Crippen molar-refractivity contribution in [3.63, 3.8) is 0 Å². The van der Waals surface area contributed by atoms with Gasteiger partial charge < -0.3 is 25.4 Å². The second-order valence-electron chi connectivity index (χ2n) is 9.74. The van der Waals surface area contributed by atoms with Crippen molar-refractivity contribution in [3.05, 3.63) is 119 Å². The smallest absolute Gasteiger partial charge is 0.418 e. The number of rotatable bonds is 11. The van der Waals surface area contributed by atoms with E-state index in [-0.39, 0.29) is 11.4 Å². The number of amides is 3. The molecule has 0 bridgehead atoms. The van der Waals surface area contributed by atoms with Gasteiger partial charge in [-0.25, -0.2) is 0 Å². The van der Waals surface area contributed by atoms with E-state index in [0.29, 0.717) is 33.2 Å². The van der Waals surface area contributed by atoms with Crippen LogP contribution in [-0.2, 0) is 15.8 Å². The summed E-state index contributed by atoms with van der Waals surface area (Å²) in [5, 5.41) is 7.00. The number of ether oxygens (including phenoxy) is 2. The molecular formula is C34H30F3N3O5S. The lowest BCUT2D eigenvalue weighted by Gasteiger charge is -2.17. The van der Waals surface area contributed by atoms with Crippen LogP contribution in [0.4, 0.5) is 24.5 Å². The first-order valence-corrected chi connectivity index (χ1v) is 14.7. The van der Waals surface area contributed by atoms with Crippen LogP contribution in [0.3, 0.4) is 0 Å². The van der Waals surface area contributed by atoms with Crippen molar-refractivity contribution in [3.8, 4) is 11.5 Å². The SMILES string of the molecule is COc1cccc(/C=C(/NC(=O)c2ccccc2)C(=O)Nc2cccc(SC(C)C(=O)Nc3ccccc3C(F)(F)F)c2)c1OC. The van der Waals surface area contributed by atoms with Gasteiger partial charge in [-0.3, -0.25) is 14.4 Å². The lowest BCUT2D eigenvalue weighted by molar-refractivity contribution is -0.137. The molecule has 0 aromatic heterocycles. The van der Waals surface area contributed by atoms with Gasteiger partial charge >= 0.3 is 6.18 Å². The Kier molecular flexibility index (Phi) is 11.1. The van der Waals surface area contributed by atoms with Crippen LogP contribution in [0.25, 0.3) is 6.08 Å². The lowest BCUT2D eigenvalue weighted by Crippen LogP contribution is -2.30. The van der Waals surface area contributed by atoms with Crippen LogP contribution in [0.2, 0.25) is 0 Å². The first kappa shape index (κ1) is 33.7. The Hall–Kier alpha value is -5.23. The van der Waals surface area contributed by atoms with E-state index in [1.165, 1.54) is 38.5 Å². The Morgan fingerprint density at radius 1 is 0.826 bits per heavy atom. The molecule has 0 saturated carbocycles. The second kappa shape index (κ2) is 15.2. The standard InChI is InChI=1S/C34H30F3N3O5S/c1-21(31(41)39-27-17-8-7-16-26(27)34(35,36)37)46-25-15-10-14-24(20-25)38-33(43)28(40-32(42)22-11-5-4-6-12-22)19-23-13-9-18-29(44-2)30(23)45-3/h4-21H,1-3H3,(H,38,43)(H,39,41)(H,40,42)/b28-19+. The molecule has 0 aliphatic heterocycles. The zero-order valence-electron chi connectivity index (χ0n) is 25.0. The molecule has 0 aliphatic carbocycles. The van der Waals surface area contributed by atoms with Gasteiger partial charge in [0.05, 0.1) is 30.7 Å². The molecule has 4 rings (SSSR count). The van der Waals surface area contributed by atoms with Gasteiger partial charge in [-0.2, -0.15) is 13.2 Å². The van der Waals surface area contributed by atoms with Crippen molar-refractivity contribution in [1.29, 1.82) is 0 Å². The molecule has 3 amide bonds. The average Bonchev–Trinajstić information content (AvgIpc) is 3.04. The zero-order chi connectivity index (χ0) is 33.3. The monoisotopic (exact) mass is 649 g/mol. The molecule has 8 nitrogen and oxygen atoms in total. The molecule has 4 aromatic rings. The number of thioether (sulfide) groups is 1. The molecule has 3 N–H and O–H groups in total. The molecule has 0 heterocycles. The maximum absolute atomic E-state index is 13.6. The molecule has 46 heavy (non-hydrogen) atoms. The minimum absolute atomic E-state index is 0.0884. The summed E-state index contributed by atoms with van der Waals surface area (Å²) in [4.78, 5) is 40.0.